The minimum atomic E-state index is -0.513. The number of carbonyl (C=O) groups excluding carboxylic acids is 2. The molecule has 0 unspecified atom stereocenters. The molecule has 1 aliphatic rings. The molecule has 2 rings (SSSR count). The highest BCUT2D eigenvalue weighted by Crippen LogP contribution is 2.26. The average molecular weight is 307 g/mol. The molecule has 0 saturated heterocycles. The Labute approximate surface area is 129 Å². The number of hydrogen-bond donors (Lipinski definition) is 3. The molecular weight excluding hydrogens is 285 g/mol. The molecule has 0 atom stereocenters. The van der Waals surface area contributed by atoms with Gasteiger partial charge in [0.25, 0.3) is 0 Å². The van der Waals surface area contributed by atoms with Gasteiger partial charge >= 0.3 is 0 Å². The van der Waals surface area contributed by atoms with Gasteiger partial charge in [-0.25, -0.2) is 4.39 Å². The number of rotatable bonds is 5. The lowest BCUT2D eigenvalue weighted by molar-refractivity contribution is -0.120. The maximum atomic E-state index is 13.8. The molecule has 0 aliphatic heterocycles. The van der Waals surface area contributed by atoms with Crippen molar-refractivity contribution < 1.29 is 14.0 Å². The van der Waals surface area contributed by atoms with Crippen LogP contribution in [0.4, 0.5) is 15.8 Å². The van der Waals surface area contributed by atoms with Crippen molar-refractivity contribution in [2.24, 2.45) is 11.7 Å². The molecule has 1 aliphatic carbocycles. The monoisotopic (exact) mass is 307 g/mol. The fourth-order valence-corrected chi connectivity index (χ4v) is 2.65. The van der Waals surface area contributed by atoms with E-state index in [-0.39, 0.29) is 36.4 Å². The summed E-state index contributed by atoms with van der Waals surface area (Å²) in [6.45, 7) is 0.248. The number of nitrogens with one attached hydrogen (secondary N) is 2. The average Bonchev–Trinajstić information content (AvgIpc) is 2.51. The number of benzene rings is 1. The third-order valence-corrected chi connectivity index (χ3v) is 3.86. The first kappa shape index (κ1) is 16.4. The third-order valence-electron chi connectivity index (χ3n) is 3.86. The van der Waals surface area contributed by atoms with Crippen LogP contribution in [0.5, 0.6) is 0 Å². The van der Waals surface area contributed by atoms with E-state index in [4.69, 9.17) is 5.73 Å². The van der Waals surface area contributed by atoms with Gasteiger partial charge in [-0.1, -0.05) is 19.3 Å². The molecule has 2 amide bonds. The van der Waals surface area contributed by atoms with Crippen LogP contribution in [-0.2, 0) is 9.59 Å². The Morgan fingerprint density at radius 2 is 1.91 bits per heavy atom. The third kappa shape index (κ3) is 4.53. The van der Waals surface area contributed by atoms with Crippen LogP contribution in [0.1, 0.15) is 38.5 Å². The van der Waals surface area contributed by atoms with Crippen LogP contribution in [0.15, 0.2) is 18.2 Å². The van der Waals surface area contributed by atoms with Crippen molar-refractivity contribution in [3.8, 4) is 0 Å². The van der Waals surface area contributed by atoms with Crippen molar-refractivity contribution in [3.05, 3.63) is 24.0 Å². The molecule has 0 radical (unpaired) electrons. The summed E-state index contributed by atoms with van der Waals surface area (Å²) in [7, 11) is 0. The predicted molar refractivity (Wildman–Crippen MR) is 83.9 cm³/mol. The van der Waals surface area contributed by atoms with Crippen LogP contribution in [0.2, 0.25) is 0 Å². The Hall–Kier alpha value is -1.95. The SMILES string of the molecule is NCCC(=O)Nc1ccc(F)c(NC(=O)C2CCCCC2)c1. The Morgan fingerprint density at radius 3 is 2.59 bits per heavy atom. The molecule has 1 fully saturated rings. The molecule has 5 nitrogen and oxygen atoms in total. The molecule has 0 heterocycles. The van der Waals surface area contributed by atoms with E-state index in [1.54, 1.807) is 0 Å². The lowest BCUT2D eigenvalue weighted by Crippen LogP contribution is -2.25. The highest BCUT2D eigenvalue weighted by Gasteiger charge is 2.22. The molecule has 1 saturated carbocycles. The molecule has 0 bridgehead atoms. The van der Waals surface area contributed by atoms with Crippen LogP contribution in [0.3, 0.4) is 0 Å². The van der Waals surface area contributed by atoms with Crippen LogP contribution in [0.25, 0.3) is 0 Å². The van der Waals surface area contributed by atoms with E-state index < -0.39 is 5.82 Å². The zero-order chi connectivity index (χ0) is 15.9. The Balaban J connectivity index is 2.02. The summed E-state index contributed by atoms with van der Waals surface area (Å²) in [6, 6.07) is 4.12. The highest BCUT2D eigenvalue weighted by atomic mass is 19.1. The van der Waals surface area contributed by atoms with Gasteiger partial charge in [0.15, 0.2) is 0 Å². The molecule has 0 aromatic heterocycles. The normalized spacial score (nSPS) is 15.4. The van der Waals surface area contributed by atoms with Crippen LogP contribution >= 0.6 is 0 Å². The maximum Gasteiger partial charge on any atom is 0.227 e. The van der Waals surface area contributed by atoms with Crippen molar-refractivity contribution in [1.29, 1.82) is 0 Å². The number of amides is 2. The van der Waals surface area contributed by atoms with E-state index in [0.717, 1.165) is 32.1 Å². The van der Waals surface area contributed by atoms with Crippen LogP contribution in [0, 0.1) is 11.7 Å². The number of nitrogens with two attached hydrogens (primary N) is 1. The summed E-state index contributed by atoms with van der Waals surface area (Å²) in [6.07, 6.45) is 5.12. The van der Waals surface area contributed by atoms with Crippen molar-refractivity contribution in [2.45, 2.75) is 38.5 Å². The van der Waals surface area contributed by atoms with Gasteiger partial charge in [-0.15, -0.1) is 0 Å². The second kappa shape index (κ2) is 7.89. The van der Waals surface area contributed by atoms with Gasteiger partial charge in [-0.2, -0.15) is 0 Å². The quantitative estimate of drug-likeness (QED) is 0.782. The van der Waals surface area contributed by atoms with Gasteiger partial charge in [0.2, 0.25) is 11.8 Å². The first-order valence-electron chi connectivity index (χ1n) is 7.70. The minimum absolute atomic E-state index is 0.0522. The van der Waals surface area contributed by atoms with Crippen LogP contribution in [-0.4, -0.2) is 18.4 Å². The van der Waals surface area contributed by atoms with Crippen molar-refractivity contribution in [2.75, 3.05) is 17.2 Å². The molecule has 0 spiro atoms. The van der Waals surface area contributed by atoms with Crippen molar-refractivity contribution in [3.63, 3.8) is 0 Å². The lowest BCUT2D eigenvalue weighted by Gasteiger charge is -2.21. The maximum absolute atomic E-state index is 13.8. The topological polar surface area (TPSA) is 84.2 Å². The molecule has 1 aromatic rings. The first-order valence-corrected chi connectivity index (χ1v) is 7.70. The standard InChI is InChI=1S/C16H22FN3O2/c17-13-7-6-12(19-15(21)8-9-18)10-14(13)20-16(22)11-4-2-1-3-5-11/h6-7,10-11H,1-5,8-9,18H2,(H,19,21)(H,20,22). The van der Waals surface area contributed by atoms with E-state index in [1.807, 2.05) is 0 Å². The van der Waals surface area contributed by atoms with Crippen molar-refractivity contribution >= 4 is 23.2 Å². The number of hydrogen-bond acceptors (Lipinski definition) is 3. The Bertz CT molecular complexity index is 542. The fourth-order valence-electron chi connectivity index (χ4n) is 2.65. The summed E-state index contributed by atoms with van der Waals surface area (Å²) >= 11 is 0. The van der Waals surface area contributed by atoms with E-state index in [0.29, 0.717) is 5.69 Å². The van der Waals surface area contributed by atoms with E-state index in [1.165, 1.54) is 18.2 Å². The van der Waals surface area contributed by atoms with E-state index in [9.17, 15) is 14.0 Å². The predicted octanol–water partition coefficient (Wildman–Crippen LogP) is 2.63. The van der Waals surface area contributed by atoms with Gasteiger partial charge < -0.3 is 16.4 Å². The summed E-state index contributed by atoms with van der Waals surface area (Å²) < 4.78 is 13.8. The molecule has 22 heavy (non-hydrogen) atoms. The second-order valence-corrected chi connectivity index (χ2v) is 5.61. The molecule has 6 heteroatoms. The first-order chi connectivity index (χ1) is 10.6. The van der Waals surface area contributed by atoms with Gasteiger partial charge in [0.05, 0.1) is 5.69 Å². The van der Waals surface area contributed by atoms with Crippen molar-refractivity contribution in [1.82, 2.24) is 0 Å². The van der Waals surface area contributed by atoms with E-state index in [2.05, 4.69) is 10.6 Å². The second-order valence-electron chi connectivity index (χ2n) is 5.61. The molecule has 120 valence electrons. The minimum Gasteiger partial charge on any atom is -0.330 e. The Morgan fingerprint density at radius 1 is 1.18 bits per heavy atom. The van der Waals surface area contributed by atoms with Crippen LogP contribution < -0.4 is 16.4 Å². The summed E-state index contributed by atoms with van der Waals surface area (Å²) in [5.41, 5.74) is 5.85. The zero-order valence-electron chi connectivity index (χ0n) is 12.5. The van der Waals surface area contributed by atoms with E-state index >= 15 is 0 Å². The van der Waals surface area contributed by atoms with Gasteiger partial charge in [-0.05, 0) is 31.0 Å². The summed E-state index contributed by atoms with van der Waals surface area (Å²) in [5, 5.41) is 5.26. The number of anilines is 2. The Kier molecular flexibility index (Phi) is 5.89. The number of carbonyl (C=O) groups is 2. The zero-order valence-corrected chi connectivity index (χ0v) is 12.5. The summed E-state index contributed by atoms with van der Waals surface area (Å²) in [5.74, 6) is -0.952. The lowest BCUT2D eigenvalue weighted by atomic mass is 9.88. The number of halogens is 1. The highest BCUT2D eigenvalue weighted by molar-refractivity contribution is 5.95. The molecule has 4 N–H and O–H groups in total. The largest absolute Gasteiger partial charge is 0.330 e. The smallest absolute Gasteiger partial charge is 0.227 e. The fraction of sp³-hybridized carbons (Fsp3) is 0.500. The summed E-state index contributed by atoms with van der Waals surface area (Å²) in [4.78, 5) is 23.7. The van der Waals surface area contributed by atoms with Gasteiger partial charge in [0.1, 0.15) is 5.82 Å². The van der Waals surface area contributed by atoms with Gasteiger partial charge in [-0.3, -0.25) is 9.59 Å². The van der Waals surface area contributed by atoms with Gasteiger partial charge in [0, 0.05) is 24.6 Å². The molecular formula is C16H22FN3O2. The molecule has 1 aromatic carbocycles.